The average molecular weight is 422 g/mol. The van der Waals surface area contributed by atoms with Crippen molar-refractivity contribution in [3.05, 3.63) is 69.9 Å². The molecule has 4 rings (SSSR count). The van der Waals surface area contributed by atoms with Crippen molar-refractivity contribution in [3.63, 3.8) is 0 Å². The van der Waals surface area contributed by atoms with E-state index in [9.17, 15) is 4.79 Å². The Labute approximate surface area is 181 Å². The first-order valence-electron chi connectivity index (χ1n) is 9.76. The lowest BCUT2D eigenvalue weighted by Crippen LogP contribution is -2.42. The molecule has 0 spiro atoms. The molecule has 0 aliphatic carbocycles. The molecule has 6 heteroatoms. The second-order valence-electron chi connectivity index (χ2n) is 8.26. The maximum atomic E-state index is 12.4. The van der Waals surface area contributed by atoms with Crippen molar-refractivity contribution in [1.82, 2.24) is 5.43 Å². The molecule has 5 nitrogen and oxygen atoms in total. The number of hydrogen-bond acceptors (Lipinski definition) is 4. The molecule has 0 unspecified atom stereocenters. The summed E-state index contributed by atoms with van der Waals surface area (Å²) in [6.07, 6.45) is 3.93. The molecular weight excluding hydrogens is 398 g/mol. The number of allylic oxidation sites excluding steroid dienone is 1. The number of likely N-dealkylation sites (N-methyl/N-ethyl adjacent to an activating group) is 1. The lowest BCUT2D eigenvalue weighted by atomic mass is 9.87. The fourth-order valence-corrected chi connectivity index (χ4v) is 3.98. The molecule has 0 fully saturated rings. The van der Waals surface area contributed by atoms with Gasteiger partial charge in [0.15, 0.2) is 5.76 Å². The maximum absolute atomic E-state index is 12.4. The topological polar surface area (TPSA) is 57.8 Å². The number of hydrazone groups is 1. The van der Waals surface area contributed by atoms with E-state index in [2.05, 4.69) is 61.5 Å². The van der Waals surface area contributed by atoms with Crippen molar-refractivity contribution in [2.24, 2.45) is 5.10 Å². The van der Waals surface area contributed by atoms with E-state index < -0.39 is 5.91 Å². The molecule has 2 aromatic carbocycles. The van der Waals surface area contributed by atoms with Gasteiger partial charge in [-0.3, -0.25) is 4.79 Å². The molecule has 30 heavy (non-hydrogen) atoms. The minimum Gasteiger partial charge on any atom is -0.451 e. The van der Waals surface area contributed by atoms with Crippen LogP contribution in [0.4, 0.5) is 5.69 Å². The summed E-state index contributed by atoms with van der Waals surface area (Å²) in [7, 11) is 2.11. The minimum atomic E-state index is -0.410. The number of hydrogen-bond donors (Lipinski definition) is 1. The van der Waals surface area contributed by atoms with Crippen LogP contribution in [-0.2, 0) is 0 Å². The Kier molecular flexibility index (Phi) is 4.94. The third kappa shape index (κ3) is 3.61. The van der Waals surface area contributed by atoms with Crippen LogP contribution in [-0.4, -0.2) is 24.7 Å². The molecule has 1 N–H and O–H groups in total. The first kappa shape index (κ1) is 20.2. The van der Waals surface area contributed by atoms with Crippen LogP contribution >= 0.6 is 11.6 Å². The number of carbonyl (C=O) groups excluding carboxylic acids is 1. The van der Waals surface area contributed by atoms with Crippen LogP contribution in [0.25, 0.3) is 16.5 Å². The van der Waals surface area contributed by atoms with Crippen molar-refractivity contribution in [1.29, 1.82) is 0 Å². The first-order valence-corrected chi connectivity index (χ1v) is 10.1. The lowest BCUT2D eigenvalue weighted by molar-refractivity contribution is 0.0929. The lowest BCUT2D eigenvalue weighted by Gasteiger charge is -2.41. The summed E-state index contributed by atoms with van der Waals surface area (Å²) in [5.41, 5.74) is 8.74. The molecule has 2 heterocycles. The van der Waals surface area contributed by atoms with Gasteiger partial charge in [0, 0.05) is 28.7 Å². The molecule has 0 radical (unpaired) electrons. The Morgan fingerprint density at radius 3 is 2.73 bits per heavy atom. The van der Waals surface area contributed by atoms with Crippen molar-refractivity contribution in [3.8, 4) is 0 Å². The van der Waals surface area contributed by atoms with Gasteiger partial charge < -0.3 is 9.32 Å². The number of rotatable bonds is 3. The highest BCUT2D eigenvalue weighted by Gasteiger charge is 2.28. The average Bonchev–Trinajstić information content (AvgIpc) is 3.10. The van der Waals surface area contributed by atoms with E-state index in [0.29, 0.717) is 10.6 Å². The van der Waals surface area contributed by atoms with E-state index >= 15 is 0 Å². The second kappa shape index (κ2) is 7.33. The van der Waals surface area contributed by atoms with E-state index in [0.717, 1.165) is 16.5 Å². The number of fused-ring (bicyclic) bond motifs is 2. The van der Waals surface area contributed by atoms with E-state index in [1.165, 1.54) is 16.8 Å². The van der Waals surface area contributed by atoms with E-state index in [1.54, 1.807) is 30.5 Å². The van der Waals surface area contributed by atoms with Crippen LogP contribution in [0, 0.1) is 6.92 Å². The highest BCUT2D eigenvalue weighted by molar-refractivity contribution is 6.31. The van der Waals surface area contributed by atoms with Crippen LogP contribution in [0.2, 0.25) is 5.02 Å². The zero-order chi connectivity index (χ0) is 21.6. The molecule has 0 saturated carbocycles. The van der Waals surface area contributed by atoms with Gasteiger partial charge in [-0.25, -0.2) is 5.43 Å². The fourth-order valence-electron chi connectivity index (χ4n) is 3.80. The number of amides is 1. The Morgan fingerprint density at radius 1 is 1.20 bits per heavy atom. The van der Waals surface area contributed by atoms with Crippen molar-refractivity contribution in [2.75, 3.05) is 11.9 Å². The number of carbonyl (C=O) groups is 1. The van der Waals surface area contributed by atoms with Crippen LogP contribution in [0.1, 0.15) is 48.0 Å². The monoisotopic (exact) mass is 421 g/mol. The van der Waals surface area contributed by atoms with Gasteiger partial charge in [0.2, 0.25) is 0 Å². The smallest absolute Gasteiger partial charge is 0.307 e. The second-order valence-corrected chi connectivity index (χ2v) is 8.69. The normalized spacial score (nSPS) is 15.4. The number of halogens is 1. The summed E-state index contributed by atoms with van der Waals surface area (Å²) in [5.74, 6) is -0.221. The molecule has 1 amide bonds. The van der Waals surface area contributed by atoms with Crippen LogP contribution in [0.5, 0.6) is 0 Å². The van der Waals surface area contributed by atoms with Crippen LogP contribution in [0.15, 0.2) is 52.0 Å². The predicted molar refractivity (Wildman–Crippen MR) is 124 cm³/mol. The minimum absolute atomic E-state index is 0.0378. The standard InChI is InChI=1S/C24H24ClN3O2/c1-14-8-20-19(15(2)12-24(3,4)28(20)5)10-17(14)13-26-27-23(29)22-11-16-9-18(25)6-7-21(16)30-22/h6-13H,1-5H3,(H,27,29)/b26-13+. The first-order chi connectivity index (χ1) is 14.2. The summed E-state index contributed by atoms with van der Waals surface area (Å²) < 4.78 is 5.57. The Hall–Kier alpha value is -3.05. The SMILES string of the molecule is CC1=CC(C)(C)N(C)c2cc(C)c(/C=N/NC(=O)c3cc4cc(Cl)ccc4o3)cc21. The Balaban J connectivity index is 1.55. The molecule has 3 aromatic rings. The molecule has 0 atom stereocenters. The summed E-state index contributed by atoms with van der Waals surface area (Å²) in [6.45, 7) is 8.57. The number of aryl methyl sites for hydroxylation is 1. The van der Waals surface area contributed by atoms with E-state index in [4.69, 9.17) is 16.0 Å². The third-order valence-corrected chi connectivity index (χ3v) is 5.91. The van der Waals surface area contributed by atoms with Gasteiger partial charge in [0.25, 0.3) is 0 Å². The Bertz CT molecular complexity index is 1220. The van der Waals surface area contributed by atoms with Gasteiger partial charge in [-0.15, -0.1) is 0 Å². The number of nitrogens with zero attached hydrogens (tertiary/aromatic N) is 2. The molecule has 1 aliphatic heterocycles. The summed E-state index contributed by atoms with van der Waals surface area (Å²) in [4.78, 5) is 14.7. The maximum Gasteiger partial charge on any atom is 0.307 e. The summed E-state index contributed by atoms with van der Waals surface area (Å²) >= 11 is 5.99. The van der Waals surface area contributed by atoms with Crippen LogP contribution in [0.3, 0.4) is 0 Å². The molecular formula is C24H24ClN3O2. The van der Waals surface area contributed by atoms with Gasteiger partial charge in [-0.1, -0.05) is 17.7 Å². The number of nitrogens with one attached hydrogen (secondary N) is 1. The third-order valence-electron chi connectivity index (χ3n) is 5.68. The fraction of sp³-hybridized carbons (Fsp3) is 0.250. The molecule has 1 aliphatic rings. The van der Waals surface area contributed by atoms with E-state index in [-0.39, 0.29) is 11.3 Å². The molecule has 0 saturated heterocycles. The Morgan fingerprint density at radius 2 is 1.97 bits per heavy atom. The summed E-state index contributed by atoms with van der Waals surface area (Å²) in [5, 5.41) is 5.51. The zero-order valence-corrected chi connectivity index (χ0v) is 18.5. The van der Waals surface area contributed by atoms with E-state index in [1.807, 2.05) is 6.92 Å². The molecule has 0 bridgehead atoms. The van der Waals surface area contributed by atoms with Gasteiger partial charge in [0.05, 0.1) is 11.8 Å². The van der Waals surface area contributed by atoms with Crippen molar-refractivity contribution >= 4 is 46.0 Å². The highest BCUT2D eigenvalue weighted by atomic mass is 35.5. The summed E-state index contributed by atoms with van der Waals surface area (Å²) in [6, 6.07) is 11.2. The molecule has 154 valence electrons. The molecule has 1 aromatic heterocycles. The largest absolute Gasteiger partial charge is 0.451 e. The quantitative estimate of drug-likeness (QED) is 0.430. The number of anilines is 1. The van der Waals surface area contributed by atoms with Crippen molar-refractivity contribution < 1.29 is 9.21 Å². The number of benzene rings is 2. The zero-order valence-electron chi connectivity index (χ0n) is 17.7. The highest BCUT2D eigenvalue weighted by Crippen LogP contribution is 2.38. The number of furan rings is 1. The van der Waals surface area contributed by atoms with Gasteiger partial charge in [-0.2, -0.15) is 5.10 Å². The predicted octanol–water partition coefficient (Wildman–Crippen LogP) is 5.79. The van der Waals surface area contributed by atoms with Gasteiger partial charge in [0.1, 0.15) is 5.58 Å². The van der Waals surface area contributed by atoms with Gasteiger partial charge in [-0.05, 0) is 80.8 Å². The van der Waals surface area contributed by atoms with Gasteiger partial charge >= 0.3 is 5.91 Å². The van der Waals surface area contributed by atoms with Crippen molar-refractivity contribution in [2.45, 2.75) is 33.2 Å². The van der Waals surface area contributed by atoms with Crippen LogP contribution < -0.4 is 10.3 Å².